The third-order valence-electron chi connectivity index (χ3n) is 4.79. The van der Waals surface area contributed by atoms with E-state index in [1.165, 1.54) is 0 Å². The van der Waals surface area contributed by atoms with Gasteiger partial charge in [-0.1, -0.05) is 29.8 Å². The summed E-state index contributed by atoms with van der Waals surface area (Å²) < 4.78 is 1.83. The smallest absolute Gasteiger partial charge is 0.272 e. The van der Waals surface area contributed by atoms with E-state index in [0.29, 0.717) is 28.9 Å². The number of aromatic nitrogens is 1. The van der Waals surface area contributed by atoms with Crippen molar-refractivity contribution in [3.05, 3.63) is 64.8 Å². The van der Waals surface area contributed by atoms with Gasteiger partial charge in [0.15, 0.2) is 0 Å². The van der Waals surface area contributed by atoms with Crippen molar-refractivity contribution < 1.29 is 9.59 Å². The number of hydrogen-bond acceptors (Lipinski definition) is 2. The summed E-state index contributed by atoms with van der Waals surface area (Å²) in [6.07, 6.45) is 2.51. The molecular weight excluding hydrogens is 362 g/mol. The predicted octanol–water partition coefficient (Wildman–Crippen LogP) is 3.91. The van der Waals surface area contributed by atoms with E-state index in [2.05, 4.69) is 10.6 Å². The number of nitrogens with zero attached hydrogens (tertiary/aromatic N) is 1. The summed E-state index contributed by atoms with van der Waals surface area (Å²) >= 11 is 6.22. The van der Waals surface area contributed by atoms with Crippen molar-refractivity contribution in [2.45, 2.75) is 25.3 Å². The maximum Gasteiger partial charge on any atom is 0.272 e. The van der Waals surface area contributed by atoms with Crippen LogP contribution in [0.1, 0.15) is 28.9 Å². The van der Waals surface area contributed by atoms with Gasteiger partial charge in [-0.15, -0.1) is 0 Å². The molecule has 3 aromatic rings. The summed E-state index contributed by atoms with van der Waals surface area (Å²) in [6, 6.07) is 15.1. The van der Waals surface area contributed by atoms with Gasteiger partial charge in [0.1, 0.15) is 5.69 Å². The highest BCUT2D eigenvalue weighted by atomic mass is 35.5. The number of nitrogens with one attached hydrogen (secondary N) is 2. The second-order valence-electron chi connectivity index (χ2n) is 6.93. The van der Waals surface area contributed by atoms with Gasteiger partial charge in [-0.05, 0) is 48.7 Å². The van der Waals surface area contributed by atoms with Gasteiger partial charge in [0.05, 0.1) is 6.42 Å². The van der Waals surface area contributed by atoms with Gasteiger partial charge in [-0.3, -0.25) is 9.59 Å². The van der Waals surface area contributed by atoms with Gasteiger partial charge < -0.3 is 15.2 Å². The van der Waals surface area contributed by atoms with E-state index >= 15 is 0 Å². The lowest BCUT2D eigenvalue weighted by Gasteiger charge is -2.08. The van der Waals surface area contributed by atoms with Crippen LogP contribution < -0.4 is 10.6 Å². The number of carbonyl (C=O) groups excluding carboxylic acids is 2. The Labute approximate surface area is 162 Å². The zero-order valence-corrected chi connectivity index (χ0v) is 15.7. The lowest BCUT2D eigenvalue weighted by Crippen LogP contribution is -2.26. The van der Waals surface area contributed by atoms with Gasteiger partial charge in [-0.25, -0.2) is 0 Å². The Morgan fingerprint density at radius 3 is 2.56 bits per heavy atom. The van der Waals surface area contributed by atoms with E-state index in [4.69, 9.17) is 11.6 Å². The molecule has 0 bridgehead atoms. The normalized spacial score (nSPS) is 13.6. The molecule has 6 heteroatoms. The minimum absolute atomic E-state index is 0.0432. The molecule has 1 aliphatic carbocycles. The summed E-state index contributed by atoms with van der Waals surface area (Å²) in [4.78, 5) is 24.5. The molecule has 1 heterocycles. The Hall–Kier alpha value is -2.79. The van der Waals surface area contributed by atoms with Gasteiger partial charge in [-0.2, -0.15) is 0 Å². The highest BCUT2D eigenvalue weighted by molar-refractivity contribution is 6.35. The zero-order chi connectivity index (χ0) is 19.0. The van der Waals surface area contributed by atoms with Gasteiger partial charge >= 0.3 is 0 Å². The van der Waals surface area contributed by atoms with E-state index in [-0.39, 0.29) is 11.8 Å². The minimum Gasteiger partial charge on any atom is -0.353 e. The number of hydrogen-bond donors (Lipinski definition) is 2. The molecule has 0 saturated heterocycles. The lowest BCUT2D eigenvalue weighted by atomic mass is 10.1. The van der Waals surface area contributed by atoms with Crippen LogP contribution in [0.15, 0.2) is 48.5 Å². The number of anilines is 1. The molecule has 4 rings (SSSR count). The van der Waals surface area contributed by atoms with Crippen LogP contribution >= 0.6 is 11.6 Å². The van der Waals surface area contributed by atoms with Crippen molar-refractivity contribution in [2.75, 3.05) is 5.32 Å². The van der Waals surface area contributed by atoms with Crippen LogP contribution in [0.2, 0.25) is 5.02 Å². The van der Waals surface area contributed by atoms with E-state index < -0.39 is 0 Å². The molecule has 5 nitrogen and oxygen atoms in total. The minimum atomic E-state index is -0.205. The largest absolute Gasteiger partial charge is 0.353 e. The van der Waals surface area contributed by atoms with Crippen LogP contribution in [0.3, 0.4) is 0 Å². The molecule has 0 radical (unpaired) electrons. The first-order valence-electron chi connectivity index (χ1n) is 8.95. The van der Waals surface area contributed by atoms with Gasteiger partial charge in [0.25, 0.3) is 5.91 Å². The number of amides is 2. The Kier molecular flexibility index (Phi) is 4.62. The van der Waals surface area contributed by atoms with E-state index in [0.717, 1.165) is 29.3 Å². The first-order valence-corrected chi connectivity index (χ1v) is 9.32. The fourth-order valence-corrected chi connectivity index (χ4v) is 3.36. The number of aryl methyl sites for hydroxylation is 1. The lowest BCUT2D eigenvalue weighted by molar-refractivity contribution is -0.120. The Balaban J connectivity index is 1.45. The average Bonchev–Trinajstić information content (AvgIpc) is 3.38. The zero-order valence-electron chi connectivity index (χ0n) is 15.0. The first kappa shape index (κ1) is 17.6. The fourth-order valence-electron chi connectivity index (χ4n) is 3.14. The molecule has 2 N–H and O–H groups in total. The SMILES string of the molecule is Cn1c(C(=O)Nc2ccc(CC(=O)NC3CC3)cc2)cc2c(Cl)cccc21. The number of fused-ring (bicyclic) bond motifs is 1. The second-order valence-corrected chi connectivity index (χ2v) is 7.34. The molecule has 27 heavy (non-hydrogen) atoms. The standard InChI is InChI=1S/C21H20ClN3O2/c1-25-18-4-2-3-17(22)16(18)12-19(25)21(27)24-15-7-5-13(6-8-15)11-20(26)23-14-9-10-14/h2-8,12,14H,9-11H2,1H3,(H,23,26)(H,24,27). The molecule has 0 spiro atoms. The Morgan fingerprint density at radius 2 is 1.89 bits per heavy atom. The molecular formula is C21H20ClN3O2. The van der Waals surface area contributed by atoms with Crippen molar-refractivity contribution in [1.29, 1.82) is 0 Å². The molecule has 2 aromatic carbocycles. The third kappa shape index (κ3) is 3.83. The van der Waals surface area contributed by atoms with Crippen LogP contribution in [-0.4, -0.2) is 22.4 Å². The molecule has 1 fully saturated rings. The molecule has 1 aromatic heterocycles. The fraction of sp³-hybridized carbons (Fsp3) is 0.238. The maximum absolute atomic E-state index is 12.7. The van der Waals surface area contributed by atoms with Crippen molar-refractivity contribution in [2.24, 2.45) is 7.05 Å². The summed E-state index contributed by atoms with van der Waals surface area (Å²) in [5.74, 6) is -0.161. The third-order valence-corrected chi connectivity index (χ3v) is 5.11. The molecule has 0 unspecified atom stereocenters. The Bertz CT molecular complexity index is 1020. The van der Waals surface area contributed by atoms with E-state index in [1.54, 1.807) is 6.07 Å². The summed E-state index contributed by atoms with van der Waals surface area (Å²) in [5, 5.41) is 7.34. The van der Waals surface area contributed by atoms with Crippen molar-refractivity contribution in [3.63, 3.8) is 0 Å². The molecule has 138 valence electrons. The highest BCUT2D eigenvalue weighted by Crippen LogP contribution is 2.26. The van der Waals surface area contributed by atoms with Crippen LogP contribution in [0.25, 0.3) is 10.9 Å². The molecule has 1 aliphatic rings. The molecule has 0 aliphatic heterocycles. The Morgan fingerprint density at radius 1 is 1.15 bits per heavy atom. The summed E-state index contributed by atoms with van der Waals surface area (Å²) in [5.41, 5.74) is 3.04. The summed E-state index contributed by atoms with van der Waals surface area (Å²) in [7, 11) is 1.84. The highest BCUT2D eigenvalue weighted by Gasteiger charge is 2.23. The van der Waals surface area contributed by atoms with Gasteiger partial charge in [0.2, 0.25) is 5.91 Å². The molecule has 2 amide bonds. The quantitative estimate of drug-likeness (QED) is 0.704. The average molecular weight is 382 g/mol. The topological polar surface area (TPSA) is 63.1 Å². The van der Waals surface area contributed by atoms with Crippen LogP contribution in [0.5, 0.6) is 0 Å². The van der Waals surface area contributed by atoms with Crippen molar-refractivity contribution in [1.82, 2.24) is 9.88 Å². The first-order chi connectivity index (χ1) is 13.0. The monoisotopic (exact) mass is 381 g/mol. The number of halogens is 1. The maximum atomic E-state index is 12.7. The van der Waals surface area contributed by atoms with Crippen LogP contribution in [-0.2, 0) is 18.3 Å². The van der Waals surface area contributed by atoms with Crippen LogP contribution in [0, 0.1) is 0 Å². The molecule has 1 saturated carbocycles. The van der Waals surface area contributed by atoms with Crippen LogP contribution in [0.4, 0.5) is 5.69 Å². The number of carbonyl (C=O) groups is 2. The number of rotatable bonds is 5. The van der Waals surface area contributed by atoms with Crippen molar-refractivity contribution >= 4 is 40.0 Å². The second kappa shape index (κ2) is 7.08. The van der Waals surface area contributed by atoms with E-state index in [1.807, 2.05) is 54.1 Å². The molecule has 0 atom stereocenters. The van der Waals surface area contributed by atoms with E-state index in [9.17, 15) is 9.59 Å². The summed E-state index contributed by atoms with van der Waals surface area (Å²) in [6.45, 7) is 0. The van der Waals surface area contributed by atoms with Crippen molar-refractivity contribution in [3.8, 4) is 0 Å². The predicted molar refractivity (Wildman–Crippen MR) is 107 cm³/mol. The number of benzene rings is 2. The van der Waals surface area contributed by atoms with Gasteiger partial charge in [0, 0.05) is 34.7 Å².